The van der Waals surface area contributed by atoms with Crippen LogP contribution in [0.25, 0.3) is 0 Å². The summed E-state index contributed by atoms with van der Waals surface area (Å²) in [6, 6.07) is 9.35. The molecule has 0 spiro atoms. The SMILES string of the molecule is CCCCCNCCc1ccc(C2CCNCC2)cc1. The molecule has 1 saturated heterocycles. The summed E-state index contributed by atoms with van der Waals surface area (Å²) in [7, 11) is 0. The predicted octanol–water partition coefficient (Wildman–Crippen LogP) is 3.48. The molecule has 0 aliphatic carbocycles. The zero-order valence-corrected chi connectivity index (χ0v) is 13.0. The van der Waals surface area contributed by atoms with Gasteiger partial charge < -0.3 is 10.6 Å². The molecule has 0 bridgehead atoms. The molecule has 1 aliphatic heterocycles. The Kier molecular flexibility index (Phi) is 7.10. The third-order valence-corrected chi connectivity index (χ3v) is 4.34. The van der Waals surface area contributed by atoms with Crippen LogP contribution in [0.15, 0.2) is 24.3 Å². The molecule has 20 heavy (non-hydrogen) atoms. The van der Waals surface area contributed by atoms with Crippen molar-refractivity contribution in [2.75, 3.05) is 26.2 Å². The lowest BCUT2D eigenvalue weighted by Crippen LogP contribution is -2.26. The van der Waals surface area contributed by atoms with Crippen molar-refractivity contribution in [1.29, 1.82) is 0 Å². The number of piperidine rings is 1. The average Bonchev–Trinajstić information content (AvgIpc) is 2.52. The Balaban J connectivity index is 1.68. The summed E-state index contributed by atoms with van der Waals surface area (Å²) in [4.78, 5) is 0. The molecule has 0 radical (unpaired) electrons. The minimum Gasteiger partial charge on any atom is -0.317 e. The van der Waals surface area contributed by atoms with E-state index in [0.717, 1.165) is 18.9 Å². The van der Waals surface area contributed by atoms with Gasteiger partial charge in [0.05, 0.1) is 0 Å². The van der Waals surface area contributed by atoms with Crippen molar-refractivity contribution >= 4 is 0 Å². The van der Waals surface area contributed by atoms with Crippen LogP contribution >= 0.6 is 0 Å². The van der Waals surface area contributed by atoms with Crippen LogP contribution in [-0.2, 0) is 6.42 Å². The molecule has 0 amide bonds. The van der Waals surface area contributed by atoms with Gasteiger partial charge in [-0.15, -0.1) is 0 Å². The fourth-order valence-corrected chi connectivity index (χ4v) is 2.97. The van der Waals surface area contributed by atoms with Crippen molar-refractivity contribution in [2.45, 2.75) is 51.4 Å². The van der Waals surface area contributed by atoms with E-state index in [9.17, 15) is 0 Å². The lowest BCUT2D eigenvalue weighted by atomic mass is 9.89. The highest BCUT2D eigenvalue weighted by molar-refractivity contribution is 5.26. The first-order valence-corrected chi connectivity index (χ1v) is 8.40. The maximum atomic E-state index is 3.54. The molecule has 0 aromatic heterocycles. The van der Waals surface area contributed by atoms with E-state index < -0.39 is 0 Å². The summed E-state index contributed by atoms with van der Waals surface area (Å²) >= 11 is 0. The molecule has 2 nitrogen and oxygen atoms in total. The second kappa shape index (κ2) is 9.15. The van der Waals surface area contributed by atoms with E-state index in [0.29, 0.717) is 0 Å². The highest BCUT2D eigenvalue weighted by Crippen LogP contribution is 2.25. The lowest BCUT2D eigenvalue weighted by Gasteiger charge is -2.23. The van der Waals surface area contributed by atoms with Gasteiger partial charge in [-0.05, 0) is 68.9 Å². The van der Waals surface area contributed by atoms with Crippen LogP contribution in [0.1, 0.15) is 56.1 Å². The Morgan fingerprint density at radius 2 is 1.80 bits per heavy atom. The van der Waals surface area contributed by atoms with Gasteiger partial charge in [0.1, 0.15) is 0 Å². The molecule has 2 rings (SSSR count). The van der Waals surface area contributed by atoms with Crippen LogP contribution in [0.4, 0.5) is 0 Å². The van der Waals surface area contributed by atoms with Crippen LogP contribution in [0.3, 0.4) is 0 Å². The van der Waals surface area contributed by atoms with Crippen LogP contribution in [-0.4, -0.2) is 26.2 Å². The molecule has 1 heterocycles. The highest BCUT2D eigenvalue weighted by atomic mass is 14.9. The van der Waals surface area contributed by atoms with Gasteiger partial charge in [0.15, 0.2) is 0 Å². The molecule has 1 aromatic carbocycles. The van der Waals surface area contributed by atoms with Crippen molar-refractivity contribution in [3.8, 4) is 0 Å². The number of rotatable bonds is 8. The van der Waals surface area contributed by atoms with Gasteiger partial charge >= 0.3 is 0 Å². The molecular formula is C18H30N2. The fourth-order valence-electron chi connectivity index (χ4n) is 2.97. The topological polar surface area (TPSA) is 24.1 Å². The summed E-state index contributed by atoms with van der Waals surface area (Å²) in [6.45, 7) is 6.88. The highest BCUT2D eigenvalue weighted by Gasteiger charge is 2.14. The maximum absolute atomic E-state index is 3.54. The molecule has 0 unspecified atom stereocenters. The third kappa shape index (κ3) is 5.26. The normalized spacial score (nSPS) is 16.4. The summed E-state index contributed by atoms with van der Waals surface area (Å²) < 4.78 is 0. The van der Waals surface area contributed by atoms with E-state index in [1.807, 2.05) is 0 Å². The standard InChI is InChI=1S/C18H30N2/c1-2-3-4-12-19-13-9-16-5-7-17(8-6-16)18-10-14-20-15-11-18/h5-8,18-20H,2-4,9-15H2,1H3. The van der Waals surface area contributed by atoms with E-state index in [-0.39, 0.29) is 0 Å². The van der Waals surface area contributed by atoms with E-state index >= 15 is 0 Å². The van der Waals surface area contributed by atoms with Gasteiger partial charge in [0, 0.05) is 0 Å². The number of hydrogen-bond acceptors (Lipinski definition) is 2. The van der Waals surface area contributed by atoms with Gasteiger partial charge in [0.25, 0.3) is 0 Å². The second-order valence-electron chi connectivity index (χ2n) is 5.97. The fraction of sp³-hybridized carbons (Fsp3) is 0.667. The second-order valence-corrected chi connectivity index (χ2v) is 5.97. The number of hydrogen-bond donors (Lipinski definition) is 2. The zero-order valence-electron chi connectivity index (χ0n) is 13.0. The molecule has 1 fully saturated rings. The molecule has 2 heteroatoms. The minimum atomic E-state index is 0.775. The summed E-state index contributed by atoms with van der Waals surface area (Å²) in [6.07, 6.45) is 7.69. The predicted molar refractivity (Wildman–Crippen MR) is 87.4 cm³/mol. The van der Waals surface area contributed by atoms with Gasteiger partial charge in [-0.3, -0.25) is 0 Å². The van der Waals surface area contributed by atoms with E-state index in [4.69, 9.17) is 0 Å². The molecule has 112 valence electrons. The van der Waals surface area contributed by atoms with E-state index in [1.54, 1.807) is 0 Å². The van der Waals surface area contributed by atoms with Crippen LogP contribution < -0.4 is 10.6 Å². The maximum Gasteiger partial charge on any atom is -0.000835 e. The number of unbranched alkanes of at least 4 members (excludes halogenated alkanes) is 2. The third-order valence-electron chi connectivity index (χ3n) is 4.34. The van der Waals surface area contributed by atoms with Gasteiger partial charge in [0.2, 0.25) is 0 Å². The smallest absolute Gasteiger partial charge is 0.000835 e. The van der Waals surface area contributed by atoms with Crippen LogP contribution in [0.5, 0.6) is 0 Å². The van der Waals surface area contributed by atoms with E-state index in [2.05, 4.69) is 41.8 Å². The zero-order chi connectivity index (χ0) is 14.0. The van der Waals surface area contributed by atoms with Crippen molar-refractivity contribution in [2.24, 2.45) is 0 Å². The largest absolute Gasteiger partial charge is 0.317 e. The molecule has 1 aliphatic rings. The first-order chi connectivity index (χ1) is 9.90. The van der Waals surface area contributed by atoms with Crippen molar-refractivity contribution < 1.29 is 0 Å². The molecule has 0 saturated carbocycles. The minimum absolute atomic E-state index is 0.775. The molecule has 0 atom stereocenters. The Morgan fingerprint density at radius 1 is 1.05 bits per heavy atom. The summed E-state index contributed by atoms with van der Waals surface area (Å²) in [5.41, 5.74) is 3.00. The Hall–Kier alpha value is -0.860. The number of nitrogens with one attached hydrogen (secondary N) is 2. The van der Waals surface area contributed by atoms with Crippen molar-refractivity contribution in [3.05, 3.63) is 35.4 Å². The van der Waals surface area contributed by atoms with Crippen LogP contribution in [0.2, 0.25) is 0 Å². The molecule has 2 N–H and O–H groups in total. The van der Waals surface area contributed by atoms with Gasteiger partial charge in [-0.2, -0.15) is 0 Å². The lowest BCUT2D eigenvalue weighted by molar-refractivity contribution is 0.460. The average molecular weight is 274 g/mol. The quantitative estimate of drug-likeness (QED) is 0.709. The van der Waals surface area contributed by atoms with E-state index in [1.165, 1.54) is 62.9 Å². The Labute approximate surface area is 124 Å². The summed E-state index contributed by atoms with van der Waals surface area (Å²) in [5, 5.41) is 6.97. The first-order valence-electron chi connectivity index (χ1n) is 8.40. The number of benzene rings is 1. The van der Waals surface area contributed by atoms with Crippen LogP contribution in [0, 0.1) is 0 Å². The van der Waals surface area contributed by atoms with Gasteiger partial charge in [-0.1, -0.05) is 44.0 Å². The Bertz CT molecular complexity index is 352. The Morgan fingerprint density at radius 3 is 2.50 bits per heavy atom. The van der Waals surface area contributed by atoms with Gasteiger partial charge in [-0.25, -0.2) is 0 Å². The molecular weight excluding hydrogens is 244 g/mol. The summed E-state index contributed by atoms with van der Waals surface area (Å²) in [5.74, 6) is 0.775. The van der Waals surface area contributed by atoms with Crippen molar-refractivity contribution in [1.82, 2.24) is 10.6 Å². The monoisotopic (exact) mass is 274 g/mol. The van der Waals surface area contributed by atoms with Crippen molar-refractivity contribution in [3.63, 3.8) is 0 Å². The molecule has 1 aromatic rings. The first kappa shape index (κ1) is 15.5.